The molecular formula is C33H24N4S. The molecule has 2 aromatic heterocycles. The highest BCUT2D eigenvalue weighted by Crippen LogP contribution is 2.57. The molecule has 182 valence electrons. The van der Waals surface area contributed by atoms with Crippen molar-refractivity contribution in [1.82, 2.24) is 19.9 Å². The van der Waals surface area contributed by atoms with Gasteiger partial charge in [-0.2, -0.15) is 10.0 Å². The van der Waals surface area contributed by atoms with E-state index in [4.69, 9.17) is 0 Å². The number of fused-ring (bicyclic) bond motifs is 8. The number of thiophene rings is 1. The Morgan fingerprint density at radius 2 is 1.21 bits per heavy atom. The molecule has 2 saturated heterocycles. The number of benzene rings is 5. The van der Waals surface area contributed by atoms with Crippen molar-refractivity contribution >= 4 is 53.3 Å². The third kappa shape index (κ3) is 2.79. The number of hydrogen-bond acceptors (Lipinski definition) is 4. The van der Waals surface area contributed by atoms with Crippen LogP contribution in [-0.4, -0.2) is 14.6 Å². The van der Waals surface area contributed by atoms with E-state index in [9.17, 15) is 0 Å². The van der Waals surface area contributed by atoms with Gasteiger partial charge in [-0.25, -0.2) is 0 Å². The molecule has 0 aliphatic carbocycles. The standard InChI is InChI=1S/C33H24N4S/c1-3-11-21(12-4-1)31-34-33(37-32(36(31)37)22-13-5-2-6-14-22)35-27-17-9-7-15-23(27)25-19-20-26-24-16-8-10-18-28(24)38-30(26)29(25)35/h1-20,31-34H. The van der Waals surface area contributed by atoms with Crippen LogP contribution in [0.4, 0.5) is 0 Å². The third-order valence-corrected chi connectivity index (χ3v) is 9.40. The maximum atomic E-state index is 4.01. The van der Waals surface area contributed by atoms with Gasteiger partial charge in [-0.15, -0.1) is 11.3 Å². The lowest BCUT2D eigenvalue weighted by Gasteiger charge is -2.23. The van der Waals surface area contributed by atoms with Crippen LogP contribution in [0.3, 0.4) is 0 Å². The van der Waals surface area contributed by atoms with E-state index >= 15 is 0 Å². The van der Waals surface area contributed by atoms with Crippen LogP contribution in [0, 0.1) is 0 Å². The fourth-order valence-electron chi connectivity index (χ4n) is 6.55. The average Bonchev–Trinajstić information content (AvgIpc) is 3.25. The summed E-state index contributed by atoms with van der Waals surface area (Å²) < 4.78 is 5.25. The molecule has 5 heteroatoms. The Morgan fingerprint density at radius 1 is 0.553 bits per heavy atom. The van der Waals surface area contributed by atoms with E-state index in [1.807, 2.05) is 11.3 Å². The van der Waals surface area contributed by atoms with Crippen molar-refractivity contribution in [3.8, 4) is 0 Å². The minimum Gasteiger partial charge on any atom is -0.309 e. The Kier molecular flexibility index (Phi) is 4.28. The van der Waals surface area contributed by atoms with Crippen LogP contribution in [0.2, 0.25) is 0 Å². The van der Waals surface area contributed by atoms with Gasteiger partial charge >= 0.3 is 0 Å². The number of nitrogens with one attached hydrogen (secondary N) is 1. The molecule has 5 atom stereocenters. The summed E-state index contributed by atoms with van der Waals surface area (Å²) in [5.41, 5.74) is 5.19. The predicted octanol–water partition coefficient (Wildman–Crippen LogP) is 8.15. The van der Waals surface area contributed by atoms with Crippen molar-refractivity contribution in [2.45, 2.75) is 18.6 Å². The van der Waals surface area contributed by atoms with Crippen molar-refractivity contribution in [2.24, 2.45) is 0 Å². The van der Waals surface area contributed by atoms with Gasteiger partial charge in [0.05, 0.1) is 15.7 Å². The summed E-state index contributed by atoms with van der Waals surface area (Å²) in [6, 6.07) is 44.0. The first-order valence-electron chi connectivity index (χ1n) is 13.1. The normalized spacial score (nSPS) is 24.5. The van der Waals surface area contributed by atoms with Crippen molar-refractivity contribution < 1.29 is 0 Å². The van der Waals surface area contributed by atoms with E-state index < -0.39 is 0 Å². The highest BCUT2D eigenvalue weighted by Gasteiger charge is 2.61. The van der Waals surface area contributed by atoms with Gasteiger partial charge in [0.1, 0.15) is 12.3 Å². The minimum atomic E-state index is -0.0105. The van der Waals surface area contributed by atoms with Gasteiger partial charge in [0.2, 0.25) is 0 Å². The minimum absolute atomic E-state index is 0.0105. The Labute approximate surface area is 223 Å². The molecule has 2 aliphatic heterocycles. The molecule has 4 nitrogen and oxygen atoms in total. The van der Waals surface area contributed by atoms with Crippen LogP contribution in [0.1, 0.15) is 29.7 Å². The smallest absolute Gasteiger partial charge is 0.158 e. The van der Waals surface area contributed by atoms with E-state index in [-0.39, 0.29) is 18.6 Å². The van der Waals surface area contributed by atoms with Crippen LogP contribution in [0.25, 0.3) is 42.0 Å². The van der Waals surface area contributed by atoms with Gasteiger partial charge in [-0.1, -0.05) is 109 Å². The maximum Gasteiger partial charge on any atom is 0.158 e. The number of hydrogen-bond donors (Lipinski definition) is 1. The Morgan fingerprint density at radius 3 is 2.03 bits per heavy atom. The van der Waals surface area contributed by atoms with Gasteiger partial charge < -0.3 is 4.57 Å². The summed E-state index contributed by atoms with van der Waals surface area (Å²) in [6.45, 7) is 0. The molecular weight excluding hydrogens is 484 g/mol. The lowest BCUT2D eigenvalue weighted by molar-refractivity contribution is 0.256. The molecule has 5 unspecified atom stereocenters. The van der Waals surface area contributed by atoms with Crippen molar-refractivity contribution in [2.75, 3.05) is 0 Å². The van der Waals surface area contributed by atoms with Crippen molar-refractivity contribution in [3.63, 3.8) is 0 Å². The monoisotopic (exact) mass is 508 g/mol. The summed E-state index contributed by atoms with van der Waals surface area (Å²) in [4.78, 5) is 0. The second-order valence-electron chi connectivity index (χ2n) is 10.2. The molecule has 38 heavy (non-hydrogen) atoms. The van der Waals surface area contributed by atoms with Crippen LogP contribution < -0.4 is 5.32 Å². The van der Waals surface area contributed by atoms with Gasteiger partial charge in [0, 0.05) is 26.2 Å². The zero-order valence-corrected chi connectivity index (χ0v) is 21.3. The predicted molar refractivity (Wildman–Crippen MR) is 157 cm³/mol. The fourth-order valence-corrected chi connectivity index (χ4v) is 7.80. The SMILES string of the molecule is c1ccc(C2NC(n3c4ccccc4c4ccc5c6ccccc6sc5c43)N3C(c4ccccc4)N23)cc1. The molecule has 4 heterocycles. The molecule has 5 aromatic carbocycles. The molecule has 7 aromatic rings. The first-order chi connectivity index (χ1) is 18.9. The van der Waals surface area contributed by atoms with Crippen molar-refractivity contribution in [1.29, 1.82) is 0 Å². The Bertz CT molecular complexity index is 1990. The molecule has 2 aliphatic rings. The van der Waals surface area contributed by atoms with E-state index in [2.05, 4.69) is 141 Å². The summed E-state index contributed by atoms with van der Waals surface area (Å²) in [5, 5.41) is 14.3. The second kappa shape index (κ2) is 7.76. The van der Waals surface area contributed by atoms with Gasteiger partial charge in [-0.3, -0.25) is 5.32 Å². The number of aromatic nitrogens is 1. The molecule has 0 spiro atoms. The molecule has 1 N–H and O–H groups in total. The number of rotatable bonds is 3. The fraction of sp³-hybridized carbons (Fsp3) is 0.0909. The van der Waals surface area contributed by atoms with Crippen molar-refractivity contribution in [3.05, 3.63) is 132 Å². The van der Waals surface area contributed by atoms with E-state index in [0.717, 1.165) is 0 Å². The second-order valence-corrected chi connectivity index (χ2v) is 11.3. The van der Waals surface area contributed by atoms with Gasteiger partial charge in [-0.05, 0) is 23.3 Å². The molecule has 0 bridgehead atoms. The highest BCUT2D eigenvalue weighted by atomic mass is 32.1. The lowest BCUT2D eigenvalue weighted by atomic mass is 10.1. The van der Waals surface area contributed by atoms with Crippen LogP contribution in [-0.2, 0) is 0 Å². The van der Waals surface area contributed by atoms with Crippen LogP contribution in [0.5, 0.6) is 0 Å². The zero-order valence-electron chi connectivity index (χ0n) is 20.5. The summed E-state index contributed by atoms with van der Waals surface area (Å²) in [7, 11) is 0. The first-order valence-corrected chi connectivity index (χ1v) is 14.0. The summed E-state index contributed by atoms with van der Waals surface area (Å²) in [5.74, 6) is 0. The molecule has 2 fully saturated rings. The van der Waals surface area contributed by atoms with Crippen LogP contribution >= 0.6 is 11.3 Å². The highest BCUT2D eigenvalue weighted by molar-refractivity contribution is 7.26. The van der Waals surface area contributed by atoms with Crippen LogP contribution in [0.15, 0.2) is 121 Å². The molecule has 0 radical (unpaired) electrons. The van der Waals surface area contributed by atoms with E-state index in [1.165, 1.54) is 53.1 Å². The molecule has 0 saturated carbocycles. The number of para-hydroxylation sites is 1. The van der Waals surface area contributed by atoms with E-state index in [1.54, 1.807) is 0 Å². The summed E-state index contributed by atoms with van der Waals surface area (Å²) in [6.07, 6.45) is 0.318. The largest absolute Gasteiger partial charge is 0.309 e. The zero-order chi connectivity index (χ0) is 24.8. The Balaban J connectivity index is 1.32. The Hall–Kier alpha value is -4.00. The maximum absolute atomic E-state index is 4.01. The topological polar surface area (TPSA) is 23.0 Å². The van der Waals surface area contributed by atoms with Gasteiger partial charge in [0.15, 0.2) is 6.29 Å². The molecule has 0 amide bonds. The average molecular weight is 509 g/mol. The first kappa shape index (κ1) is 21.0. The number of nitrogens with zero attached hydrogens (tertiary/aromatic N) is 3. The lowest BCUT2D eigenvalue weighted by Crippen LogP contribution is -2.31. The molecule has 9 rings (SSSR count). The quantitative estimate of drug-likeness (QED) is 0.244. The number of hydrazine groups is 1. The van der Waals surface area contributed by atoms with E-state index in [0.29, 0.717) is 0 Å². The third-order valence-electron chi connectivity index (χ3n) is 8.21. The van der Waals surface area contributed by atoms with Gasteiger partial charge in [0.25, 0.3) is 0 Å². The summed E-state index contributed by atoms with van der Waals surface area (Å²) >= 11 is 1.91.